The lowest BCUT2D eigenvalue weighted by molar-refractivity contribution is -0.154. The first-order valence-electron chi connectivity index (χ1n) is 8.83. The van der Waals surface area contributed by atoms with Gasteiger partial charge in [0.15, 0.2) is 0 Å². The normalized spacial score (nSPS) is 20.8. The molecule has 0 radical (unpaired) electrons. The number of hydrogen-bond donors (Lipinski definition) is 3. The highest BCUT2D eigenvalue weighted by molar-refractivity contribution is 5.94. The second-order valence-electron chi connectivity index (χ2n) is 6.97. The second-order valence-corrected chi connectivity index (χ2v) is 6.97. The highest BCUT2D eigenvalue weighted by Gasteiger charge is 2.46. The van der Waals surface area contributed by atoms with E-state index in [2.05, 4.69) is 20.5 Å². The van der Waals surface area contributed by atoms with Gasteiger partial charge in [-0.2, -0.15) is 18.3 Å². The number of aromatic nitrogens is 3. The Hall–Kier alpha value is -2.58. The quantitative estimate of drug-likeness (QED) is 0.759. The Balaban J connectivity index is 1.78. The fourth-order valence-electron chi connectivity index (χ4n) is 3.39. The number of amides is 1. The first kappa shape index (κ1) is 19.2. The van der Waals surface area contributed by atoms with Crippen LogP contribution in [0.3, 0.4) is 0 Å². The Morgan fingerprint density at radius 1 is 1.41 bits per heavy atom. The van der Waals surface area contributed by atoms with Gasteiger partial charge in [-0.1, -0.05) is 13.8 Å². The molecule has 9 heteroatoms. The fourth-order valence-corrected chi connectivity index (χ4v) is 3.39. The van der Waals surface area contributed by atoms with Gasteiger partial charge in [0.2, 0.25) is 0 Å². The summed E-state index contributed by atoms with van der Waals surface area (Å²) in [6.07, 6.45) is -2.50. The van der Waals surface area contributed by atoms with Crippen LogP contribution in [0.1, 0.15) is 65.8 Å². The molecule has 0 saturated carbocycles. The third kappa shape index (κ3) is 3.91. The van der Waals surface area contributed by atoms with Crippen LogP contribution in [-0.2, 0) is 6.42 Å². The maximum Gasteiger partial charge on any atom is 0.395 e. The molecule has 146 valence electrons. The third-order valence-electron chi connectivity index (χ3n) is 5.15. The highest BCUT2D eigenvalue weighted by Crippen LogP contribution is 2.42. The SMILES string of the molecule is CCC(C)c1ccc(C(=O)NC2Cc3[nH]ncc3C(C(F)(F)F)C2)c(=O)[nH]1. The number of aromatic amines is 2. The summed E-state index contributed by atoms with van der Waals surface area (Å²) in [5, 5.41) is 8.83. The zero-order valence-electron chi connectivity index (χ0n) is 15.0. The smallest absolute Gasteiger partial charge is 0.349 e. The number of alkyl halides is 3. The summed E-state index contributed by atoms with van der Waals surface area (Å²) in [4.78, 5) is 27.3. The van der Waals surface area contributed by atoms with Crippen LogP contribution < -0.4 is 10.9 Å². The molecule has 1 amide bonds. The molecule has 1 aliphatic carbocycles. The zero-order valence-corrected chi connectivity index (χ0v) is 15.0. The molecule has 0 spiro atoms. The molecule has 6 nitrogen and oxygen atoms in total. The number of halogens is 3. The molecule has 1 aliphatic rings. The standard InChI is InChI=1S/C18H21F3N4O2/c1-3-9(2)14-5-4-11(17(27)24-14)16(26)23-10-6-13(18(19,20)21)12-8-22-25-15(12)7-10/h4-5,8-10,13H,3,6-7H2,1-2H3,(H,22,25)(H,23,26)(H,24,27). The number of hydrogen-bond acceptors (Lipinski definition) is 3. The molecule has 0 saturated heterocycles. The van der Waals surface area contributed by atoms with Gasteiger partial charge in [-0.25, -0.2) is 0 Å². The number of rotatable bonds is 4. The summed E-state index contributed by atoms with van der Waals surface area (Å²) in [6.45, 7) is 3.93. The van der Waals surface area contributed by atoms with Crippen LogP contribution in [0.15, 0.2) is 23.1 Å². The Morgan fingerprint density at radius 2 is 2.15 bits per heavy atom. The van der Waals surface area contributed by atoms with Gasteiger partial charge < -0.3 is 10.3 Å². The van der Waals surface area contributed by atoms with Crippen molar-refractivity contribution in [1.82, 2.24) is 20.5 Å². The van der Waals surface area contributed by atoms with E-state index in [1.165, 1.54) is 12.3 Å². The summed E-state index contributed by atoms with van der Waals surface area (Å²) >= 11 is 0. The number of nitrogens with one attached hydrogen (secondary N) is 3. The van der Waals surface area contributed by atoms with E-state index in [4.69, 9.17) is 0 Å². The van der Waals surface area contributed by atoms with E-state index in [-0.39, 0.29) is 29.9 Å². The van der Waals surface area contributed by atoms with Crippen molar-refractivity contribution in [2.24, 2.45) is 0 Å². The molecule has 3 N–H and O–H groups in total. The molecule has 3 rings (SSSR count). The topological polar surface area (TPSA) is 90.6 Å². The Kier molecular flexibility index (Phi) is 5.12. The van der Waals surface area contributed by atoms with Gasteiger partial charge in [0.1, 0.15) is 5.56 Å². The van der Waals surface area contributed by atoms with E-state index >= 15 is 0 Å². The molecule has 27 heavy (non-hydrogen) atoms. The number of fused-ring (bicyclic) bond motifs is 1. The van der Waals surface area contributed by atoms with Crippen molar-refractivity contribution in [3.8, 4) is 0 Å². The Bertz CT molecular complexity index is 887. The van der Waals surface area contributed by atoms with Crippen molar-refractivity contribution in [1.29, 1.82) is 0 Å². The van der Waals surface area contributed by atoms with Crippen molar-refractivity contribution < 1.29 is 18.0 Å². The summed E-state index contributed by atoms with van der Waals surface area (Å²) in [5.74, 6) is -2.24. The van der Waals surface area contributed by atoms with Gasteiger partial charge in [-0.3, -0.25) is 14.7 Å². The molecule has 2 aromatic rings. The van der Waals surface area contributed by atoms with Gasteiger partial charge >= 0.3 is 6.18 Å². The van der Waals surface area contributed by atoms with Crippen LogP contribution in [0.2, 0.25) is 0 Å². The van der Waals surface area contributed by atoms with Crippen molar-refractivity contribution in [2.75, 3.05) is 0 Å². The Morgan fingerprint density at radius 3 is 2.78 bits per heavy atom. The van der Waals surface area contributed by atoms with Gasteiger partial charge in [-0.05, 0) is 30.9 Å². The molecule has 2 heterocycles. The van der Waals surface area contributed by atoms with Crippen LogP contribution in [-0.4, -0.2) is 33.3 Å². The summed E-state index contributed by atoms with van der Waals surface area (Å²) in [7, 11) is 0. The highest BCUT2D eigenvalue weighted by atomic mass is 19.4. The number of carbonyl (C=O) groups excluding carboxylic acids is 1. The van der Waals surface area contributed by atoms with E-state index in [0.29, 0.717) is 5.69 Å². The molecule has 0 aromatic carbocycles. The average Bonchev–Trinajstić information content (AvgIpc) is 3.07. The van der Waals surface area contributed by atoms with E-state index in [9.17, 15) is 22.8 Å². The lowest BCUT2D eigenvalue weighted by atomic mass is 9.83. The zero-order chi connectivity index (χ0) is 19.8. The van der Waals surface area contributed by atoms with E-state index in [0.717, 1.165) is 12.1 Å². The molecule has 0 fully saturated rings. The predicted molar refractivity (Wildman–Crippen MR) is 92.7 cm³/mol. The Labute approximate surface area is 153 Å². The molecular weight excluding hydrogens is 361 g/mol. The van der Waals surface area contributed by atoms with Gasteiger partial charge in [0, 0.05) is 29.4 Å². The lowest BCUT2D eigenvalue weighted by Gasteiger charge is -2.30. The van der Waals surface area contributed by atoms with Crippen LogP contribution in [0.25, 0.3) is 0 Å². The minimum Gasteiger partial charge on any atom is -0.349 e. The van der Waals surface area contributed by atoms with E-state index in [1.807, 2.05) is 13.8 Å². The number of nitrogens with zero attached hydrogens (tertiary/aromatic N) is 1. The first-order chi connectivity index (χ1) is 12.7. The third-order valence-corrected chi connectivity index (χ3v) is 5.15. The lowest BCUT2D eigenvalue weighted by Crippen LogP contribution is -2.43. The largest absolute Gasteiger partial charge is 0.395 e. The van der Waals surface area contributed by atoms with Gasteiger partial charge in [-0.15, -0.1) is 0 Å². The number of carbonyl (C=O) groups is 1. The van der Waals surface area contributed by atoms with Crippen molar-refractivity contribution in [3.63, 3.8) is 0 Å². The van der Waals surface area contributed by atoms with Crippen molar-refractivity contribution in [2.45, 2.75) is 57.2 Å². The number of H-pyrrole nitrogens is 2. The molecule has 0 aliphatic heterocycles. The summed E-state index contributed by atoms with van der Waals surface area (Å²) in [6, 6.07) is 2.34. The molecule has 0 bridgehead atoms. The predicted octanol–water partition coefficient (Wildman–Crippen LogP) is 3.00. The second kappa shape index (κ2) is 7.21. The molecular formula is C18H21F3N4O2. The summed E-state index contributed by atoms with van der Waals surface area (Å²) < 4.78 is 40.0. The van der Waals surface area contributed by atoms with Crippen LogP contribution in [0, 0.1) is 0 Å². The van der Waals surface area contributed by atoms with Crippen molar-refractivity contribution in [3.05, 3.63) is 51.2 Å². The first-order valence-corrected chi connectivity index (χ1v) is 8.83. The van der Waals surface area contributed by atoms with Gasteiger partial charge in [0.25, 0.3) is 11.5 Å². The van der Waals surface area contributed by atoms with Crippen molar-refractivity contribution >= 4 is 5.91 Å². The molecule has 3 atom stereocenters. The van der Waals surface area contributed by atoms with E-state index < -0.39 is 29.6 Å². The van der Waals surface area contributed by atoms with Crippen LogP contribution >= 0.6 is 0 Å². The minimum absolute atomic E-state index is 0.110. The minimum atomic E-state index is -4.43. The van der Waals surface area contributed by atoms with Crippen LogP contribution in [0.5, 0.6) is 0 Å². The molecule has 2 aromatic heterocycles. The average molecular weight is 382 g/mol. The number of pyridine rings is 1. The monoisotopic (exact) mass is 382 g/mol. The van der Waals surface area contributed by atoms with E-state index in [1.54, 1.807) is 6.07 Å². The fraction of sp³-hybridized carbons (Fsp3) is 0.500. The maximum atomic E-state index is 13.3. The molecule has 3 unspecified atom stereocenters. The summed E-state index contributed by atoms with van der Waals surface area (Å²) in [5.41, 5.74) is 0.534. The van der Waals surface area contributed by atoms with Gasteiger partial charge in [0.05, 0.1) is 12.1 Å². The maximum absolute atomic E-state index is 13.3. The van der Waals surface area contributed by atoms with Crippen LogP contribution in [0.4, 0.5) is 13.2 Å².